The summed E-state index contributed by atoms with van der Waals surface area (Å²) in [5.41, 5.74) is 0.563. The van der Waals surface area contributed by atoms with Crippen LogP contribution in [0.2, 0.25) is 0 Å². The molecule has 0 fully saturated rings. The summed E-state index contributed by atoms with van der Waals surface area (Å²) in [4.78, 5) is 0. The number of benzene rings is 1. The van der Waals surface area contributed by atoms with E-state index in [-0.39, 0.29) is 11.6 Å². The summed E-state index contributed by atoms with van der Waals surface area (Å²) in [7, 11) is -3.20. The average molecular weight is 253 g/mol. The van der Waals surface area contributed by atoms with Gasteiger partial charge >= 0.3 is 0 Å². The number of rotatable bonds is 2. The van der Waals surface area contributed by atoms with Crippen molar-refractivity contribution in [3.05, 3.63) is 35.6 Å². The Morgan fingerprint density at radius 3 is 2.17 bits per heavy atom. The van der Waals surface area contributed by atoms with Crippen molar-refractivity contribution in [2.45, 2.75) is 5.75 Å². The van der Waals surface area contributed by atoms with E-state index in [9.17, 15) is 12.8 Å². The highest BCUT2D eigenvalue weighted by Crippen LogP contribution is 2.11. The van der Waals surface area contributed by atoms with Crippen molar-refractivity contribution in [3.63, 3.8) is 0 Å². The van der Waals surface area contributed by atoms with Crippen LogP contribution in [-0.2, 0) is 14.0 Å². The van der Waals surface area contributed by atoms with E-state index in [4.69, 9.17) is 0 Å². The molecule has 0 saturated carbocycles. The van der Waals surface area contributed by atoms with Crippen molar-refractivity contribution in [1.82, 2.24) is 0 Å². The fraction of sp³-hybridized carbons (Fsp3) is 0.143. The quantitative estimate of drug-likeness (QED) is 0.756. The highest BCUT2D eigenvalue weighted by atomic mass is 79.9. The van der Waals surface area contributed by atoms with Crippen molar-refractivity contribution in [2.75, 3.05) is 0 Å². The van der Waals surface area contributed by atoms with Gasteiger partial charge in [0.1, 0.15) is 5.82 Å². The van der Waals surface area contributed by atoms with E-state index < -0.39 is 8.27 Å². The van der Waals surface area contributed by atoms with Crippen LogP contribution in [0.1, 0.15) is 5.56 Å². The second kappa shape index (κ2) is 3.53. The van der Waals surface area contributed by atoms with Crippen LogP contribution in [0.5, 0.6) is 0 Å². The first-order valence-electron chi connectivity index (χ1n) is 3.14. The lowest BCUT2D eigenvalue weighted by Crippen LogP contribution is -1.93. The predicted molar refractivity (Wildman–Crippen MR) is 48.0 cm³/mol. The van der Waals surface area contributed by atoms with Crippen LogP contribution in [0.15, 0.2) is 24.3 Å². The molecule has 1 aromatic carbocycles. The first kappa shape index (κ1) is 9.67. The summed E-state index contributed by atoms with van der Waals surface area (Å²) in [5, 5.41) is 0. The van der Waals surface area contributed by atoms with Crippen LogP contribution < -0.4 is 0 Å². The maximum Gasteiger partial charge on any atom is 0.213 e. The van der Waals surface area contributed by atoms with E-state index in [0.717, 1.165) is 0 Å². The Hall–Kier alpha value is -0.420. The molecule has 2 nitrogen and oxygen atoms in total. The zero-order valence-electron chi connectivity index (χ0n) is 6.00. The maximum absolute atomic E-state index is 12.4. The molecule has 5 heteroatoms. The summed E-state index contributed by atoms with van der Waals surface area (Å²) in [6.07, 6.45) is 0. The smallest absolute Gasteiger partial charge is 0.213 e. The Labute approximate surface area is 77.5 Å². The topological polar surface area (TPSA) is 34.1 Å². The van der Waals surface area contributed by atoms with E-state index in [1.807, 2.05) is 0 Å². The average Bonchev–Trinajstić information content (AvgIpc) is 1.91. The summed E-state index contributed by atoms with van der Waals surface area (Å²) in [6, 6.07) is 5.34. The van der Waals surface area contributed by atoms with Gasteiger partial charge in [0.25, 0.3) is 0 Å². The normalized spacial score (nSPS) is 11.5. The zero-order valence-corrected chi connectivity index (χ0v) is 8.40. The van der Waals surface area contributed by atoms with E-state index in [1.54, 1.807) is 0 Å². The monoisotopic (exact) mass is 252 g/mol. The minimum atomic E-state index is -3.20. The van der Waals surface area contributed by atoms with Crippen LogP contribution in [0.25, 0.3) is 0 Å². The van der Waals surface area contributed by atoms with Gasteiger partial charge in [0.2, 0.25) is 8.27 Å². The Morgan fingerprint density at radius 1 is 1.25 bits per heavy atom. The highest BCUT2D eigenvalue weighted by molar-refractivity contribution is 9.47. The standard InChI is InChI=1S/C7H6BrFO2S/c8-12(10,11)5-6-1-3-7(9)4-2-6/h1-4H,5H2. The van der Waals surface area contributed by atoms with Gasteiger partial charge in [-0.25, -0.2) is 12.8 Å². The van der Waals surface area contributed by atoms with Gasteiger partial charge in [-0.2, -0.15) is 0 Å². The van der Waals surface area contributed by atoms with Gasteiger partial charge < -0.3 is 0 Å². The molecule has 0 radical (unpaired) electrons. The van der Waals surface area contributed by atoms with Crippen molar-refractivity contribution in [2.24, 2.45) is 0 Å². The van der Waals surface area contributed by atoms with Gasteiger partial charge in [-0.05, 0) is 17.7 Å². The van der Waals surface area contributed by atoms with Gasteiger partial charge in [-0.15, -0.1) is 0 Å². The van der Waals surface area contributed by atoms with Crippen molar-refractivity contribution < 1.29 is 12.8 Å². The molecule has 0 spiro atoms. The third-order valence-electron chi connectivity index (χ3n) is 1.25. The number of hydrogen-bond acceptors (Lipinski definition) is 2. The minimum Gasteiger partial charge on any atom is -0.217 e. The molecule has 0 saturated heterocycles. The second-order valence-electron chi connectivity index (χ2n) is 2.31. The van der Waals surface area contributed by atoms with Gasteiger partial charge in [0.15, 0.2) is 0 Å². The van der Waals surface area contributed by atoms with Crippen LogP contribution in [-0.4, -0.2) is 8.42 Å². The predicted octanol–water partition coefficient (Wildman–Crippen LogP) is 2.05. The summed E-state index contributed by atoms with van der Waals surface area (Å²) < 4.78 is 33.8. The van der Waals surface area contributed by atoms with Gasteiger partial charge in [0, 0.05) is 0 Å². The molecule has 12 heavy (non-hydrogen) atoms. The molecule has 0 unspecified atom stereocenters. The Morgan fingerprint density at radius 2 is 1.75 bits per heavy atom. The van der Waals surface area contributed by atoms with Crippen LogP contribution >= 0.6 is 14.8 Å². The van der Waals surface area contributed by atoms with Gasteiger partial charge in [-0.3, -0.25) is 0 Å². The molecule has 0 bridgehead atoms. The Balaban J connectivity index is 2.85. The Bertz CT molecular complexity index is 357. The molecule has 0 N–H and O–H groups in total. The molecule has 0 amide bonds. The van der Waals surface area contributed by atoms with E-state index >= 15 is 0 Å². The minimum absolute atomic E-state index is 0.118. The van der Waals surface area contributed by atoms with Crippen molar-refractivity contribution in [3.8, 4) is 0 Å². The molecule has 0 heterocycles. The first-order chi connectivity index (χ1) is 5.47. The van der Waals surface area contributed by atoms with Gasteiger partial charge in [0.05, 0.1) is 20.6 Å². The molecule has 1 rings (SSSR count). The molecular weight excluding hydrogens is 247 g/mol. The summed E-state index contributed by atoms with van der Waals surface area (Å²) >= 11 is 2.51. The van der Waals surface area contributed by atoms with E-state index in [2.05, 4.69) is 14.8 Å². The third kappa shape index (κ3) is 3.32. The second-order valence-corrected chi connectivity index (χ2v) is 6.64. The molecule has 0 aliphatic heterocycles. The lowest BCUT2D eigenvalue weighted by molar-refractivity contribution is 0.610. The first-order valence-corrected chi connectivity index (χ1v) is 6.64. The van der Waals surface area contributed by atoms with Gasteiger partial charge in [-0.1, -0.05) is 12.1 Å². The molecule has 1 aromatic rings. The van der Waals surface area contributed by atoms with Crippen molar-refractivity contribution in [1.29, 1.82) is 0 Å². The fourth-order valence-electron chi connectivity index (χ4n) is 0.780. The maximum atomic E-state index is 12.4. The Kier molecular flexibility index (Phi) is 2.85. The highest BCUT2D eigenvalue weighted by Gasteiger charge is 2.05. The zero-order chi connectivity index (χ0) is 9.19. The van der Waals surface area contributed by atoms with E-state index in [1.165, 1.54) is 24.3 Å². The number of hydrogen-bond donors (Lipinski definition) is 0. The lowest BCUT2D eigenvalue weighted by atomic mass is 10.2. The largest absolute Gasteiger partial charge is 0.217 e. The SMILES string of the molecule is O=S(=O)(Br)Cc1ccc(F)cc1. The molecule has 0 aromatic heterocycles. The molecule has 66 valence electrons. The van der Waals surface area contributed by atoms with Crippen LogP contribution in [0.3, 0.4) is 0 Å². The van der Waals surface area contributed by atoms with Crippen molar-refractivity contribution >= 4 is 23.1 Å². The molecule has 0 atom stereocenters. The lowest BCUT2D eigenvalue weighted by Gasteiger charge is -1.96. The van der Waals surface area contributed by atoms with Crippen LogP contribution in [0, 0.1) is 5.82 Å². The molecule has 0 aliphatic rings. The molecular formula is C7H6BrFO2S. The third-order valence-corrected chi connectivity index (χ3v) is 2.62. The molecule has 0 aliphatic carbocycles. The van der Waals surface area contributed by atoms with E-state index in [0.29, 0.717) is 5.56 Å². The summed E-state index contributed by atoms with van der Waals surface area (Å²) in [5.74, 6) is -0.487. The number of halogens is 2. The summed E-state index contributed by atoms with van der Waals surface area (Å²) in [6.45, 7) is 0. The van der Waals surface area contributed by atoms with Crippen LogP contribution in [0.4, 0.5) is 4.39 Å². The fourth-order valence-corrected chi connectivity index (χ4v) is 2.16.